The molecule has 0 atom stereocenters. The number of amides is 1. The van der Waals surface area contributed by atoms with Crippen LogP contribution in [0.5, 0.6) is 0 Å². The Hall–Kier alpha value is -1.64. The van der Waals surface area contributed by atoms with Crippen molar-refractivity contribution < 1.29 is 9.59 Å². The van der Waals surface area contributed by atoms with E-state index < -0.39 is 0 Å². The van der Waals surface area contributed by atoms with E-state index in [1.165, 1.54) is 6.92 Å². The molecule has 0 saturated heterocycles. The predicted molar refractivity (Wildman–Crippen MR) is 57.8 cm³/mol. The fraction of sp³-hybridized carbons (Fsp3) is 0.333. The van der Waals surface area contributed by atoms with E-state index in [0.29, 0.717) is 12.8 Å². The Morgan fingerprint density at radius 3 is 2.87 bits per heavy atom. The highest BCUT2D eigenvalue weighted by Gasteiger charge is 2.18. The van der Waals surface area contributed by atoms with Crippen molar-refractivity contribution >= 4 is 17.4 Å². The largest absolute Gasteiger partial charge is 0.326 e. The van der Waals surface area contributed by atoms with Gasteiger partial charge in [0.15, 0.2) is 0 Å². The number of fused-ring (bicyclic) bond motifs is 1. The molecule has 0 spiro atoms. The Kier molecular flexibility index (Phi) is 2.54. The van der Waals surface area contributed by atoms with Gasteiger partial charge >= 0.3 is 0 Å². The fourth-order valence-corrected chi connectivity index (χ4v) is 1.97. The second-order valence-corrected chi connectivity index (χ2v) is 3.84. The normalized spacial score (nSPS) is 14.6. The number of nitrogens with one attached hydrogen (secondary N) is 1. The molecular weight excluding hydrogens is 190 g/mol. The molecule has 3 heteroatoms. The van der Waals surface area contributed by atoms with Crippen LogP contribution in [0.25, 0.3) is 0 Å². The number of anilines is 1. The third-order valence-corrected chi connectivity index (χ3v) is 2.63. The highest BCUT2D eigenvalue weighted by atomic mass is 16.1. The number of hydrogen-bond acceptors (Lipinski definition) is 2. The molecule has 0 heterocycles. The highest BCUT2D eigenvalue weighted by molar-refractivity contribution is 5.91. The monoisotopic (exact) mass is 203 g/mol. The van der Waals surface area contributed by atoms with Gasteiger partial charge in [-0.3, -0.25) is 9.59 Å². The first-order valence-corrected chi connectivity index (χ1v) is 5.07. The van der Waals surface area contributed by atoms with Crippen LogP contribution in [0, 0.1) is 0 Å². The first-order chi connectivity index (χ1) is 7.16. The Morgan fingerprint density at radius 2 is 2.13 bits per heavy atom. The zero-order valence-corrected chi connectivity index (χ0v) is 8.67. The number of rotatable bonds is 1. The van der Waals surface area contributed by atoms with Crippen LogP contribution in [0.15, 0.2) is 18.2 Å². The lowest BCUT2D eigenvalue weighted by atomic mass is 9.89. The Morgan fingerprint density at radius 1 is 1.33 bits per heavy atom. The minimum absolute atomic E-state index is 0.0692. The van der Waals surface area contributed by atoms with Crippen molar-refractivity contribution in [3.63, 3.8) is 0 Å². The molecule has 0 fully saturated rings. The number of Topliss-reactive ketones (excluding diaryl/α,β-unsaturated/α-hetero) is 1. The van der Waals surface area contributed by atoms with Gasteiger partial charge in [-0.25, -0.2) is 0 Å². The van der Waals surface area contributed by atoms with Crippen molar-refractivity contribution in [1.82, 2.24) is 0 Å². The molecule has 1 aliphatic carbocycles. The SMILES string of the molecule is CC(=O)Nc1cccc2c1CCC(=O)C2. The van der Waals surface area contributed by atoms with Gasteiger partial charge in [-0.05, 0) is 23.6 Å². The number of carbonyl (C=O) groups excluding carboxylic acids is 2. The van der Waals surface area contributed by atoms with Gasteiger partial charge in [-0.2, -0.15) is 0 Å². The lowest BCUT2D eigenvalue weighted by Crippen LogP contribution is -2.16. The third kappa shape index (κ3) is 2.06. The van der Waals surface area contributed by atoms with Gasteiger partial charge in [0.05, 0.1) is 0 Å². The van der Waals surface area contributed by atoms with Crippen molar-refractivity contribution in [3.8, 4) is 0 Å². The average molecular weight is 203 g/mol. The standard InChI is InChI=1S/C12H13NO2/c1-8(14)13-12-4-2-3-9-7-10(15)5-6-11(9)12/h2-4H,5-7H2,1H3,(H,13,14). The van der Waals surface area contributed by atoms with E-state index in [9.17, 15) is 9.59 Å². The summed E-state index contributed by atoms with van der Waals surface area (Å²) in [6.07, 6.45) is 1.83. The van der Waals surface area contributed by atoms with Crippen molar-refractivity contribution in [2.24, 2.45) is 0 Å². The molecule has 0 bridgehead atoms. The second-order valence-electron chi connectivity index (χ2n) is 3.84. The Labute approximate surface area is 88.5 Å². The molecule has 1 aromatic rings. The number of benzene rings is 1. The molecule has 0 aromatic heterocycles. The minimum Gasteiger partial charge on any atom is -0.326 e. The predicted octanol–water partition coefficient (Wildman–Crippen LogP) is 1.70. The Balaban J connectivity index is 2.37. The van der Waals surface area contributed by atoms with E-state index in [-0.39, 0.29) is 11.7 Å². The number of ketones is 1. The van der Waals surface area contributed by atoms with Crippen LogP contribution in [0.2, 0.25) is 0 Å². The molecule has 1 aliphatic rings. The lowest BCUT2D eigenvalue weighted by molar-refractivity contribution is -0.118. The summed E-state index contributed by atoms with van der Waals surface area (Å²) in [5.41, 5.74) is 3.03. The number of hydrogen-bond donors (Lipinski definition) is 1. The van der Waals surface area contributed by atoms with Gasteiger partial charge in [0.1, 0.15) is 5.78 Å². The summed E-state index contributed by atoms with van der Waals surface area (Å²) in [6, 6.07) is 5.72. The molecule has 1 aromatic carbocycles. The maximum absolute atomic E-state index is 11.3. The van der Waals surface area contributed by atoms with Crippen LogP contribution >= 0.6 is 0 Å². The molecule has 0 aliphatic heterocycles. The molecule has 2 rings (SSSR count). The van der Waals surface area contributed by atoms with Crippen molar-refractivity contribution in [2.45, 2.75) is 26.2 Å². The summed E-state index contributed by atoms with van der Waals surface area (Å²) in [5, 5.41) is 2.80. The second kappa shape index (κ2) is 3.85. The van der Waals surface area contributed by atoms with Crippen LogP contribution in [0.1, 0.15) is 24.5 Å². The lowest BCUT2D eigenvalue weighted by Gasteiger charge is -2.18. The molecule has 3 nitrogen and oxygen atoms in total. The molecule has 0 saturated carbocycles. The number of carbonyl (C=O) groups is 2. The van der Waals surface area contributed by atoms with Crippen LogP contribution in [-0.4, -0.2) is 11.7 Å². The van der Waals surface area contributed by atoms with Crippen molar-refractivity contribution in [3.05, 3.63) is 29.3 Å². The zero-order valence-electron chi connectivity index (χ0n) is 8.67. The van der Waals surface area contributed by atoms with Crippen LogP contribution in [0.4, 0.5) is 5.69 Å². The smallest absolute Gasteiger partial charge is 0.221 e. The van der Waals surface area contributed by atoms with E-state index >= 15 is 0 Å². The van der Waals surface area contributed by atoms with Gasteiger partial charge in [0.2, 0.25) is 5.91 Å². The fourth-order valence-electron chi connectivity index (χ4n) is 1.97. The summed E-state index contributed by atoms with van der Waals surface area (Å²) in [5.74, 6) is 0.211. The van der Waals surface area contributed by atoms with Gasteiger partial charge in [-0.15, -0.1) is 0 Å². The molecular formula is C12H13NO2. The summed E-state index contributed by atoms with van der Waals surface area (Å²) in [6.45, 7) is 1.49. The van der Waals surface area contributed by atoms with Crippen LogP contribution < -0.4 is 5.32 Å². The quantitative estimate of drug-likeness (QED) is 0.755. The molecule has 1 amide bonds. The van der Waals surface area contributed by atoms with Crippen LogP contribution in [0.3, 0.4) is 0 Å². The van der Waals surface area contributed by atoms with E-state index in [2.05, 4.69) is 5.32 Å². The highest BCUT2D eigenvalue weighted by Crippen LogP contribution is 2.26. The van der Waals surface area contributed by atoms with Crippen LogP contribution in [-0.2, 0) is 22.4 Å². The summed E-state index contributed by atoms with van der Waals surface area (Å²) >= 11 is 0. The minimum atomic E-state index is -0.0692. The van der Waals surface area contributed by atoms with Crippen molar-refractivity contribution in [2.75, 3.05) is 5.32 Å². The molecule has 15 heavy (non-hydrogen) atoms. The molecule has 78 valence electrons. The maximum Gasteiger partial charge on any atom is 0.221 e. The summed E-state index contributed by atoms with van der Waals surface area (Å²) in [7, 11) is 0. The molecule has 0 radical (unpaired) electrons. The van der Waals surface area contributed by atoms with E-state index in [0.717, 1.165) is 23.2 Å². The van der Waals surface area contributed by atoms with Gasteiger partial charge in [0, 0.05) is 25.5 Å². The Bertz CT molecular complexity index is 424. The van der Waals surface area contributed by atoms with Gasteiger partial charge in [-0.1, -0.05) is 12.1 Å². The summed E-state index contributed by atoms with van der Waals surface area (Å²) < 4.78 is 0. The van der Waals surface area contributed by atoms with Gasteiger partial charge < -0.3 is 5.32 Å². The first-order valence-electron chi connectivity index (χ1n) is 5.07. The molecule has 1 N–H and O–H groups in total. The maximum atomic E-state index is 11.3. The zero-order chi connectivity index (χ0) is 10.8. The van der Waals surface area contributed by atoms with E-state index in [1.54, 1.807) is 0 Å². The first kappa shape index (κ1) is 9.90. The average Bonchev–Trinajstić information content (AvgIpc) is 2.16. The summed E-state index contributed by atoms with van der Waals surface area (Å²) in [4.78, 5) is 22.3. The third-order valence-electron chi connectivity index (χ3n) is 2.63. The van der Waals surface area contributed by atoms with Gasteiger partial charge in [0.25, 0.3) is 0 Å². The van der Waals surface area contributed by atoms with E-state index in [4.69, 9.17) is 0 Å². The topological polar surface area (TPSA) is 46.2 Å². The van der Waals surface area contributed by atoms with E-state index in [1.807, 2.05) is 18.2 Å². The van der Waals surface area contributed by atoms with Crippen molar-refractivity contribution in [1.29, 1.82) is 0 Å². The molecule has 0 unspecified atom stereocenters.